The van der Waals surface area contributed by atoms with Gasteiger partial charge in [-0.15, -0.1) is 24.8 Å². The summed E-state index contributed by atoms with van der Waals surface area (Å²) in [4.78, 5) is 11.0. The highest BCUT2D eigenvalue weighted by Gasteiger charge is 2.18. The molecule has 7 heteroatoms. The van der Waals surface area contributed by atoms with Gasteiger partial charge in [-0.2, -0.15) is 0 Å². The number of nitrogens with zero attached hydrogens (tertiary/aromatic N) is 4. The lowest BCUT2D eigenvalue weighted by Crippen LogP contribution is -2.43. The van der Waals surface area contributed by atoms with Crippen molar-refractivity contribution in [2.24, 2.45) is 0 Å². The van der Waals surface area contributed by atoms with Gasteiger partial charge in [0, 0.05) is 37.7 Å². The molecule has 0 aromatic carbocycles. The van der Waals surface area contributed by atoms with Crippen LogP contribution < -0.4 is 5.32 Å². The third-order valence-electron chi connectivity index (χ3n) is 3.90. The van der Waals surface area contributed by atoms with Crippen LogP contribution in [-0.2, 0) is 6.54 Å². The first-order chi connectivity index (χ1) is 9.85. The quantitative estimate of drug-likeness (QED) is 0.925. The van der Waals surface area contributed by atoms with Gasteiger partial charge in [-0.1, -0.05) is 6.07 Å². The van der Waals surface area contributed by atoms with Gasteiger partial charge in [0.15, 0.2) is 0 Å². The van der Waals surface area contributed by atoms with E-state index in [-0.39, 0.29) is 24.8 Å². The van der Waals surface area contributed by atoms with E-state index in [0.29, 0.717) is 6.04 Å². The smallest absolute Gasteiger partial charge is 0.137 e. The minimum atomic E-state index is 0. The molecule has 1 fully saturated rings. The van der Waals surface area contributed by atoms with E-state index in [2.05, 4.69) is 39.4 Å². The summed E-state index contributed by atoms with van der Waals surface area (Å²) < 4.78 is 1.92. The van der Waals surface area contributed by atoms with Crippen LogP contribution in [0.5, 0.6) is 0 Å². The molecule has 122 valence electrons. The first kappa shape index (κ1) is 18.9. The fourth-order valence-electron chi connectivity index (χ4n) is 2.75. The second-order valence-corrected chi connectivity index (χ2v) is 5.36. The summed E-state index contributed by atoms with van der Waals surface area (Å²) in [6.07, 6.45) is 9.96. The third kappa shape index (κ3) is 4.68. The summed E-state index contributed by atoms with van der Waals surface area (Å²) >= 11 is 0. The van der Waals surface area contributed by atoms with E-state index < -0.39 is 0 Å². The van der Waals surface area contributed by atoms with Crippen LogP contribution in [0.1, 0.15) is 18.4 Å². The molecule has 2 aromatic rings. The van der Waals surface area contributed by atoms with E-state index in [1.807, 2.05) is 17.0 Å². The molecule has 0 saturated carbocycles. The van der Waals surface area contributed by atoms with E-state index in [9.17, 15) is 0 Å². The Labute approximate surface area is 144 Å². The first-order valence-corrected chi connectivity index (χ1v) is 7.18. The van der Waals surface area contributed by atoms with E-state index in [1.54, 1.807) is 12.5 Å². The Bertz CT molecular complexity index is 529. The molecule has 1 saturated heterocycles. The Kier molecular flexibility index (Phi) is 7.82. The van der Waals surface area contributed by atoms with Crippen LogP contribution in [0.15, 0.2) is 37.1 Å². The minimum Gasteiger partial charge on any atom is -0.316 e. The predicted molar refractivity (Wildman–Crippen MR) is 93.2 cm³/mol. The van der Waals surface area contributed by atoms with Crippen molar-refractivity contribution in [3.8, 4) is 5.82 Å². The van der Waals surface area contributed by atoms with Gasteiger partial charge in [0.25, 0.3) is 0 Å². The zero-order valence-electron chi connectivity index (χ0n) is 12.7. The van der Waals surface area contributed by atoms with Crippen LogP contribution in [0.4, 0.5) is 0 Å². The normalized spacial score (nSPS) is 18.3. The molecule has 3 heterocycles. The molecule has 0 amide bonds. The van der Waals surface area contributed by atoms with Gasteiger partial charge in [-0.05, 0) is 38.1 Å². The average molecular weight is 344 g/mol. The Morgan fingerprint density at radius 3 is 2.82 bits per heavy atom. The summed E-state index contributed by atoms with van der Waals surface area (Å²) in [6.45, 7) is 3.29. The van der Waals surface area contributed by atoms with Gasteiger partial charge in [0.2, 0.25) is 0 Å². The number of imidazole rings is 1. The largest absolute Gasteiger partial charge is 0.316 e. The number of aromatic nitrogens is 3. The second-order valence-electron chi connectivity index (χ2n) is 5.36. The van der Waals surface area contributed by atoms with E-state index in [1.165, 1.54) is 24.9 Å². The molecule has 1 atom stereocenters. The molecule has 0 spiro atoms. The standard InChI is InChI=1S/C15H21N5.2ClH/c1-16-14-3-2-7-19(11-14)10-13-4-5-15(18-9-13)20-8-6-17-12-20;;/h4-6,8-9,12,14,16H,2-3,7,10-11H2,1H3;2*1H. The zero-order valence-corrected chi connectivity index (χ0v) is 14.3. The number of hydrogen-bond donors (Lipinski definition) is 1. The number of nitrogens with one attached hydrogen (secondary N) is 1. The number of hydrogen-bond acceptors (Lipinski definition) is 4. The molecule has 3 rings (SSSR count). The van der Waals surface area contributed by atoms with Crippen LogP contribution in [0, 0.1) is 0 Å². The van der Waals surface area contributed by atoms with Gasteiger partial charge >= 0.3 is 0 Å². The lowest BCUT2D eigenvalue weighted by Gasteiger charge is -2.32. The number of pyridine rings is 1. The number of halogens is 2. The van der Waals surface area contributed by atoms with Crippen molar-refractivity contribution < 1.29 is 0 Å². The fourth-order valence-corrected chi connectivity index (χ4v) is 2.75. The molecule has 1 aliphatic heterocycles. The van der Waals surface area contributed by atoms with Crippen LogP contribution in [0.2, 0.25) is 0 Å². The predicted octanol–water partition coefficient (Wildman–Crippen LogP) is 2.29. The van der Waals surface area contributed by atoms with Crippen molar-refractivity contribution in [2.75, 3.05) is 20.1 Å². The molecule has 1 N–H and O–H groups in total. The average Bonchev–Trinajstić information content (AvgIpc) is 3.02. The summed E-state index contributed by atoms with van der Waals surface area (Å²) in [5, 5.41) is 3.38. The van der Waals surface area contributed by atoms with Gasteiger partial charge in [0.1, 0.15) is 12.1 Å². The number of rotatable bonds is 4. The first-order valence-electron chi connectivity index (χ1n) is 7.18. The molecule has 1 unspecified atom stereocenters. The molecule has 0 bridgehead atoms. The molecular formula is C15H23Cl2N5. The Morgan fingerprint density at radius 2 is 2.18 bits per heavy atom. The van der Waals surface area contributed by atoms with Crippen molar-refractivity contribution in [1.29, 1.82) is 0 Å². The van der Waals surface area contributed by atoms with Crippen molar-refractivity contribution in [2.45, 2.75) is 25.4 Å². The fraction of sp³-hybridized carbons (Fsp3) is 0.467. The molecule has 1 aliphatic rings. The maximum atomic E-state index is 4.51. The summed E-state index contributed by atoms with van der Waals surface area (Å²) in [5.74, 6) is 0.915. The van der Waals surface area contributed by atoms with Gasteiger partial charge in [-0.3, -0.25) is 9.47 Å². The molecule has 0 radical (unpaired) electrons. The lowest BCUT2D eigenvalue weighted by molar-refractivity contribution is 0.188. The maximum Gasteiger partial charge on any atom is 0.137 e. The van der Waals surface area contributed by atoms with Gasteiger partial charge < -0.3 is 5.32 Å². The Balaban J connectivity index is 0.00000121. The Hall–Kier alpha value is -1.14. The van der Waals surface area contributed by atoms with E-state index >= 15 is 0 Å². The van der Waals surface area contributed by atoms with Crippen molar-refractivity contribution in [3.05, 3.63) is 42.6 Å². The number of likely N-dealkylation sites (tertiary alicyclic amines) is 1. The highest BCUT2D eigenvalue weighted by Crippen LogP contribution is 2.14. The summed E-state index contributed by atoms with van der Waals surface area (Å²) in [6, 6.07) is 4.84. The van der Waals surface area contributed by atoms with Crippen molar-refractivity contribution >= 4 is 24.8 Å². The molecular weight excluding hydrogens is 321 g/mol. The highest BCUT2D eigenvalue weighted by molar-refractivity contribution is 5.85. The Morgan fingerprint density at radius 1 is 1.32 bits per heavy atom. The topological polar surface area (TPSA) is 46.0 Å². The number of likely N-dealkylation sites (N-methyl/N-ethyl adjacent to an activating group) is 1. The van der Waals surface area contributed by atoms with Gasteiger partial charge in [-0.25, -0.2) is 9.97 Å². The van der Waals surface area contributed by atoms with Crippen LogP contribution >= 0.6 is 24.8 Å². The van der Waals surface area contributed by atoms with Crippen molar-refractivity contribution in [3.63, 3.8) is 0 Å². The van der Waals surface area contributed by atoms with E-state index in [4.69, 9.17) is 0 Å². The SMILES string of the molecule is CNC1CCCN(Cc2ccc(-n3ccnc3)nc2)C1.Cl.Cl. The molecule has 22 heavy (non-hydrogen) atoms. The monoisotopic (exact) mass is 343 g/mol. The van der Waals surface area contributed by atoms with Crippen LogP contribution in [0.25, 0.3) is 5.82 Å². The van der Waals surface area contributed by atoms with E-state index in [0.717, 1.165) is 18.9 Å². The minimum absolute atomic E-state index is 0. The maximum absolute atomic E-state index is 4.51. The summed E-state index contributed by atoms with van der Waals surface area (Å²) in [5.41, 5.74) is 1.27. The molecule has 5 nitrogen and oxygen atoms in total. The zero-order chi connectivity index (χ0) is 13.8. The lowest BCUT2D eigenvalue weighted by atomic mass is 10.1. The van der Waals surface area contributed by atoms with Crippen molar-refractivity contribution in [1.82, 2.24) is 24.8 Å². The highest BCUT2D eigenvalue weighted by atomic mass is 35.5. The summed E-state index contributed by atoms with van der Waals surface area (Å²) in [7, 11) is 2.05. The third-order valence-corrected chi connectivity index (χ3v) is 3.90. The number of piperidine rings is 1. The van der Waals surface area contributed by atoms with Gasteiger partial charge in [0.05, 0.1) is 0 Å². The molecule has 0 aliphatic carbocycles. The molecule has 2 aromatic heterocycles. The van der Waals surface area contributed by atoms with Crippen LogP contribution in [-0.4, -0.2) is 45.6 Å². The second kappa shape index (κ2) is 9.10. The van der Waals surface area contributed by atoms with Crippen LogP contribution in [0.3, 0.4) is 0 Å².